The molecule has 1 aromatic rings. The van der Waals surface area contributed by atoms with E-state index in [0.29, 0.717) is 11.0 Å². The van der Waals surface area contributed by atoms with Gasteiger partial charge in [-0.2, -0.15) is 0 Å². The lowest BCUT2D eigenvalue weighted by atomic mass is 10.2. The smallest absolute Gasteiger partial charge is 0.116 e. The van der Waals surface area contributed by atoms with Crippen LogP contribution >= 0.6 is 11.8 Å². The highest BCUT2D eigenvalue weighted by atomic mass is 32.2. The highest BCUT2D eigenvalue weighted by Gasteiger charge is 2.13. The summed E-state index contributed by atoms with van der Waals surface area (Å²) in [6.45, 7) is 2.27. The largest absolute Gasteiger partial charge is 0.508 e. The molecule has 0 aliphatic carbocycles. The minimum Gasteiger partial charge on any atom is -0.508 e. The third kappa shape index (κ3) is 3.43. The predicted molar refractivity (Wildman–Crippen MR) is 64.5 cm³/mol. The van der Waals surface area contributed by atoms with Crippen LogP contribution in [-0.2, 0) is 0 Å². The number of phenolic OH excluding ortho intramolecular Hbond substituents is 1. The van der Waals surface area contributed by atoms with Crippen LogP contribution in [0.25, 0.3) is 0 Å². The third-order valence-corrected chi connectivity index (χ3v) is 3.97. The molecular weight excluding hydrogens is 206 g/mol. The molecule has 1 aliphatic heterocycles. The Morgan fingerprint density at radius 1 is 1.27 bits per heavy atom. The van der Waals surface area contributed by atoms with Crippen molar-refractivity contribution < 1.29 is 5.11 Å². The van der Waals surface area contributed by atoms with Gasteiger partial charge in [0.2, 0.25) is 0 Å². The molecule has 3 heteroatoms. The van der Waals surface area contributed by atoms with Crippen molar-refractivity contribution in [3.8, 4) is 5.75 Å². The molecule has 1 heterocycles. The molecule has 82 valence electrons. The molecule has 1 aromatic carbocycles. The minimum atomic E-state index is 0.367. The Bertz CT molecular complexity index is 308. The van der Waals surface area contributed by atoms with Crippen LogP contribution in [0.15, 0.2) is 29.2 Å². The molecule has 0 radical (unpaired) electrons. The van der Waals surface area contributed by atoms with Gasteiger partial charge in [0.15, 0.2) is 0 Å². The van der Waals surface area contributed by atoms with E-state index in [1.54, 1.807) is 6.07 Å². The van der Waals surface area contributed by atoms with Crippen LogP contribution in [0, 0.1) is 0 Å². The number of hydrogen-bond acceptors (Lipinski definition) is 3. The number of phenols is 1. The Kier molecular flexibility index (Phi) is 3.92. The molecule has 0 saturated carbocycles. The van der Waals surface area contributed by atoms with Crippen molar-refractivity contribution in [2.24, 2.45) is 0 Å². The van der Waals surface area contributed by atoms with Gasteiger partial charge in [0.05, 0.1) is 0 Å². The van der Waals surface area contributed by atoms with Gasteiger partial charge in [0, 0.05) is 10.1 Å². The first-order valence-electron chi connectivity index (χ1n) is 5.51. The van der Waals surface area contributed by atoms with Crippen molar-refractivity contribution in [1.29, 1.82) is 0 Å². The van der Waals surface area contributed by atoms with E-state index < -0.39 is 0 Å². The zero-order chi connectivity index (χ0) is 10.5. The first-order chi connectivity index (χ1) is 7.34. The fraction of sp³-hybridized carbons (Fsp3) is 0.500. The Balaban J connectivity index is 1.95. The minimum absolute atomic E-state index is 0.367. The summed E-state index contributed by atoms with van der Waals surface area (Å²) >= 11 is 1.89. The maximum absolute atomic E-state index is 9.37. The quantitative estimate of drug-likeness (QED) is 0.808. The van der Waals surface area contributed by atoms with Gasteiger partial charge >= 0.3 is 0 Å². The van der Waals surface area contributed by atoms with Gasteiger partial charge < -0.3 is 10.4 Å². The maximum atomic E-state index is 9.37. The molecular formula is C12H17NOS. The third-order valence-electron chi connectivity index (χ3n) is 2.64. The summed E-state index contributed by atoms with van der Waals surface area (Å²) in [5, 5.41) is 13.5. The lowest BCUT2D eigenvalue weighted by molar-refractivity contribution is 0.474. The Morgan fingerprint density at radius 3 is 3.07 bits per heavy atom. The van der Waals surface area contributed by atoms with Gasteiger partial charge in [0.25, 0.3) is 0 Å². The Morgan fingerprint density at radius 2 is 2.20 bits per heavy atom. The van der Waals surface area contributed by atoms with E-state index in [2.05, 4.69) is 11.4 Å². The van der Waals surface area contributed by atoms with Gasteiger partial charge in [-0.25, -0.2) is 0 Å². The molecule has 0 bridgehead atoms. The summed E-state index contributed by atoms with van der Waals surface area (Å²) in [5.41, 5.74) is 0. The van der Waals surface area contributed by atoms with Crippen LogP contribution in [-0.4, -0.2) is 23.4 Å². The number of benzene rings is 1. The monoisotopic (exact) mass is 223 g/mol. The Hall–Kier alpha value is -0.670. The normalized spacial score (nSPS) is 22.3. The summed E-state index contributed by atoms with van der Waals surface area (Å²) in [4.78, 5) is 1.18. The molecule has 2 nitrogen and oxygen atoms in total. The highest BCUT2D eigenvalue weighted by Crippen LogP contribution is 2.30. The summed E-state index contributed by atoms with van der Waals surface area (Å²) in [6.07, 6.45) is 3.75. The number of hydrogen-bond donors (Lipinski definition) is 2. The molecule has 2 rings (SSSR count). The zero-order valence-corrected chi connectivity index (χ0v) is 9.59. The fourth-order valence-corrected chi connectivity index (χ4v) is 3.11. The molecule has 1 atom stereocenters. The first-order valence-corrected chi connectivity index (χ1v) is 6.39. The van der Waals surface area contributed by atoms with E-state index in [4.69, 9.17) is 0 Å². The van der Waals surface area contributed by atoms with Crippen molar-refractivity contribution >= 4 is 11.8 Å². The van der Waals surface area contributed by atoms with E-state index >= 15 is 0 Å². The predicted octanol–water partition coefficient (Wildman–Crippen LogP) is 2.63. The maximum Gasteiger partial charge on any atom is 0.116 e. The van der Waals surface area contributed by atoms with Crippen LogP contribution in [0.5, 0.6) is 5.75 Å². The molecule has 1 aliphatic rings. The standard InChI is InChI=1S/C12H17NOS/c14-10-3-1-4-12(9-10)15-11-5-2-7-13-8-6-11/h1,3-4,9,11,13-14H,2,5-8H2. The van der Waals surface area contributed by atoms with Crippen LogP contribution in [0.4, 0.5) is 0 Å². The second kappa shape index (κ2) is 5.42. The van der Waals surface area contributed by atoms with Gasteiger partial charge in [-0.15, -0.1) is 11.8 Å². The Labute approximate surface area is 95.1 Å². The lowest BCUT2D eigenvalue weighted by Gasteiger charge is -2.12. The molecule has 2 N–H and O–H groups in total. The first kappa shape index (κ1) is 10.8. The van der Waals surface area contributed by atoms with Crippen molar-refractivity contribution in [3.05, 3.63) is 24.3 Å². The number of aromatic hydroxyl groups is 1. The number of thioether (sulfide) groups is 1. The highest BCUT2D eigenvalue weighted by molar-refractivity contribution is 8.00. The van der Waals surface area contributed by atoms with E-state index in [9.17, 15) is 5.11 Å². The van der Waals surface area contributed by atoms with Crippen molar-refractivity contribution in [2.75, 3.05) is 13.1 Å². The van der Waals surface area contributed by atoms with Crippen LogP contribution in [0.2, 0.25) is 0 Å². The molecule has 1 saturated heterocycles. The van der Waals surface area contributed by atoms with Gasteiger partial charge in [0.1, 0.15) is 5.75 Å². The average molecular weight is 223 g/mol. The topological polar surface area (TPSA) is 32.3 Å². The molecule has 0 spiro atoms. The summed E-state index contributed by atoms with van der Waals surface area (Å²) in [5.74, 6) is 0.367. The number of nitrogens with one attached hydrogen (secondary N) is 1. The van der Waals surface area contributed by atoms with E-state index in [-0.39, 0.29) is 0 Å². The molecule has 0 aromatic heterocycles. The van der Waals surface area contributed by atoms with Gasteiger partial charge in [-0.1, -0.05) is 6.07 Å². The van der Waals surface area contributed by atoms with Gasteiger partial charge in [-0.3, -0.25) is 0 Å². The summed E-state index contributed by atoms with van der Waals surface area (Å²) < 4.78 is 0. The SMILES string of the molecule is Oc1cccc(SC2CCCNCC2)c1. The van der Waals surface area contributed by atoms with Crippen LogP contribution in [0.1, 0.15) is 19.3 Å². The fourth-order valence-electron chi connectivity index (χ4n) is 1.85. The molecule has 15 heavy (non-hydrogen) atoms. The van der Waals surface area contributed by atoms with E-state index in [1.165, 1.54) is 24.2 Å². The van der Waals surface area contributed by atoms with Crippen LogP contribution in [0.3, 0.4) is 0 Å². The zero-order valence-electron chi connectivity index (χ0n) is 8.78. The second-order valence-corrected chi connectivity index (χ2v) is 5.29. The summed E-state index contributed by atoms with van der Waals surface area (Å²) in [7, 11) is 0. The van der Waals surface area contributed by atoms with Crippen molar-refractivity contribution in [2.45, 2.75) is 29.4 Å². The molecule has 1 unspecified atom stereocenters. The molecule has 1 fully saturated rings. The van der Waals surface area contributed by atoms with E-state index in [0.717, 1.165) is 13.1 Å². The van der Waals surface area contributed by atoms with E-state index in [1.807, 2.05) is 23.9 Å². The molecule has 0 amide bonds. The summed E-state index contributed by atoms with van der Waals surface area (Å²) in [6, 6.07) is 7.55. The second-order valence-electron chi connectivity index (χ2n) is 3.92. The number of rotatable bonds is 2. The van der Waals surface area contributed by atoms with Crippen molar-refractivity contribution in [1.82, 2.24) is 5.32 Å². The van der Waals surface area contributed by atoms with Gasteiger partial charge in [-0.05, 0) is 50.6 Å². The average Bonchev–Trinajstić information content (AvgIpc) is 2.46. The van der Waals surface area contributed by atoms with Crippen LogP contribution < -0.4 is 5.32 Å². The van der Waals surface area contributed by atoms with Crippen molar-refractivity contribution in [3.63, 3.8) is 0 Å². The lowest BCUT2D eigenvalue weighted by Crippen LogP contribution is -2.14.